The van der Waals surface area contributed by atoms with E-state index >= 15 is 0 Å². The van der Waals surface area contributed by atoms with Crippen molar-refractivity contribution < 1.29 is 4.74 Å². The summed E-state index contributed by atoms with van der Waals surface area (Å²) in [5.41, 5.74) is 4.71. The van der Waals surface area contributed by atoms with Gasteiger partial charge in [-0.3, -0.25) is 4.90 Å². The minimum absolute atomic E-state index is 0.480. The van der Waals surface area contributed by atoms with Crippen molar-refractivity contribution in [3.05, 3.63) is 53.6 Å². The Morgan fingerprint density at radius 3 is 2.79 bits per heavy atom. The zero-order valence-electron chi connectivity index (χ0n) is 14.1. The van der Waals surface area contributed by atoms with Crippen molar-refractivity contribution in [3.63, 3.8) is 0 Å². The van der Waals surface area contributed by atoms with E-state index < -0.39 is 0 Å². The normalized spacial score (nSPS) is 18.3. The highest BCUT2D eigenvalue weighted by molar-refractivity contribution is 5.74. The van der Waals surface area contributed by atoms with E-state index in [0.29, 0.717) is 6.04 Å². The topological polar surface area (TPSA) is 43.2 Å². The van der Waals surface area contributed by atoms with Crippen molar-refractivity contribution >= 4 is 11.0 Å². The summed E-state index contributed by atoms with van der Waals surface area (Å²) >= 11 is 0. The number of hydrogen-bond donors (Lipinski definition) is 0. The number of methoxy groups -OCH3 is 1. The molecule has 0 spiro atoms. The van der Waals surface area contributed by atoms with Gasteiger partial charge >= 0.3 is 0 Å². The van der Waals surface area contributed by atoms with Crippen LogP contribution >= 0.6 is 0 Å². The van der Waals surface area contributed by atoms with E-state index in [4.69, 9.17) is 4.74 Å². The number of aromatic nitrogens is 3. The van der Waals surface area contributed by atoms with E-state index in [-0.39, 0.29) is 0 Å². The summed E-state index contributed by atoms with van der Waals surface area (Å²) in [5, 5.41) is 8.32. The molecule has 2 aromatic carbocycles. The van der Waals surface area contributed by atoms with Crippen molar-refractivity contribution in [2.24, 2.45) is 7.05 Å². The molecule has 2 heterocycles. The van der Waals surface area contributed by atoms with Crippen molar-refractivity contribution in [1.82, 2.24) is 19.9 Å². The smallest absolute Gasteiger partial charge is 0.118 e. The zero-order valence-corrected chi connectivity index (χ0v) is 14.1. The summed E-state index contributed by atoms with van der Waals surface area (Å²) in [6.07, 6.45) is 2.45. The van der Waals surface area contributed by atoms with Gasteiger partial charge in [0.15, 0.2) is 0 Å². The Hall–Kier alpha value is -2.40. The van der Waals surface area contributed by atoms with Gasteiger partial charge in [0.05, 0.1) is 12.6 Å². The molecule has 3 aromatic rings. The van der Waals surface area contributed by atoms with Crippen molar-refractivity contribution in [2.75, 3.05) is 13.7 Å². The van der Waals surface area contributed by atoms with E-state index in [1.54, 1.807) is 7.11 Å². The van der Waals surface area contributed by atoms with Crippen LogP contribution in [0.3, 0.4) is 0 Å². The molecular weight excluding hydrogens is 300 g/mol. The largest absolute Gasteiger partial charge is 0.497 e. The van der Waals surface area contributed by atoms with Crippen LogP contribution in [0.5, 0.6) is 5.75 Å². The molecule has 1 saturated heterocycles. The summed E-state index contributed by atoms with van der Waals surface area (Å²) in [4.78, 5) is 2.55. The first-order valence-electron chi connectivity index (χ1n) is 8.41. The van der Waals surface area contributed by atoms with Crippen molar-refractivity contribution in [3.8, 4) is 5.75 Å². The summed E-state index contributed by atoms with van der Waals surface area (Å²) < 4.78 is 7.08. The molecule has 1 aromatic heterocycles. The molecule has 24 heavy (non-hydrogen) atoms. The van der Waals surface area contributed by atoms with E-state index in [1.165, 1.54) is 24.0 Å². The molecule has 0 aliphatic carbocycles. The fraction of sp³-hybridized carbons (Fsp3) is 0.368. The quantitative estimate of drug-likeness (QED) is 0.739. The summed E-state index contributed by atoms with van der Waals surface area (Å²) in [5.74, 6) is 0.913. The lowest BCUT2D eigenvalue weighted by atomic mass is 10.0. The molecule has 0 saturated carbocycles. The average molecular weight is 322 g/mol. The second-order valence-electron chi connectivity index (χ2n) is 6.44. The number of nitrogens with zero attached hydrogens (tertiary/aromatic N) is 4. The van der Waals surface area contributed by atoms with E-state index in [0.717, 1.165) is 29.9 Å². The second-order valence-corrected chi connectivity index (χ2v) is 6.44. The Kier molecular flexibility index (Phi) is 3.94. The second kappa shape index (κ2) is 6.24. The first kappa shape index (κ1) is 15.1. The summed E-state index contributed by atoms with van der Waals surface area (Å²) in [6, 6.07) is 15.4. The molecule has 1 aliphatic heterocycles. The van der Waals surface area contributed by atoms with E-state index in [1.807, 2.05) is 11.7 Å². The molecule has 1 fully saturated rings. The minimum atomic E-state index is 0.480. The monoisotopic (exact) mass is 322 g/mol. The van der Waals surface area contributed by atoms with Gasteiger partial charge < -0.3 is 4.74 Å². The molecule has 1 aliphatic rings. The van der Waals surface area contributed by atoms with Gasteiger partial charge in [-0.25, -0.2) is 4.68 Å². The maximum Gasteiger partial charge on any atom is 0.118 e. The zero-order chi connectivity index (χ0) is 16.5. The van der Waals surface area contributed by atoms with Crippen LogP contribution in [0, 0.1) is 0 Å². The maximum atomic E-state index is 5.27. The van der Waals surface area contributed by atoms with Gasteiger partial charge in [0.2, 0.25) is 0 Å². The molecule has 0 amide bonds. The lowest BCUT2D eigenvalue weighted by Gasteiger charge is -2.25. The van der Waals surface area contributed by atoms with E-state index in [9.17, 15) is 0 Å². The van der Waals surface area contributed by atoms with Crippen LogP contribution in [0.4, 0.5) is 0 Å². The standard InChI is InChI=1S/C19H22N4O/c1-22-19-10-5-14(12-17(19)20-21-22)13-23-11-3-4-18(23)15-6-8-16(24-2)9-7-15/h5-10,12,18H,3-4,11,13H2,1-2H3/t18-/m1/s1. The molecule has 0 unspecified atom stereocenters. The molecular formula is C19H22N4O. The summed E-state index contributed by atoms with van der Waals surface area (Å²) in [6.45, 7) is 2.08. The van der Waals surface area contributed by atoms with Crippen LogP contribution in [0.2, 0.25) is 0 Å². The average Bonchev–Trinajstić information content (AvgIpc) is 3.22. The Morgan fingerprint density at radius 1 is 1.17 bits per heavy atom. The third-order valence-electron chi connectivity index (χ3n) is 4.92. The highest BCUT2D eigenvalue weighted by Gasteiger charge is 2.26. The van der Waals surface area contributed by atoms with Crippen LogP contribution in [-0.2, 0) is 13.6 Å². The van der Waals surface area contributed by atoms with Gasteiger partial charge in [-0.1, -0.05) is 23.4 Å². The van der Waals surface area contributed by atoms with Gasteiger partial charge in [0, 0.05) is 19.6 Å². The Bertz CT molecular complexity index is 840. The Morgan fingerprint density at radius 2 is 2.00 bits per heavy atom. The Labute approximate surface area is 141 Å². The molecule has 0 radical (unpaired) electrons. The minimum Gasteiger partial charge on any atom is -0.497 e. The SMILES string of the molecule is COc1ccc([C@H]2CCCN2Cc2ccc3c(c2)nnn3C)cc1. The number of rotatable bonds is 4. The number of benzene rings is 2. The van der Waals surface area contributed by atoms with Gasteiger partial charge in [-0.15, -0.1) is 5.10 Å². The first-order chi connectivity index (χ1) is 11.7. The van der Waals surface area contributed by atoms with Gasteiger partial charge in [0.1, 0.15) is 11.3 Å². The number of fused-ring (bicyclic) bond motifs is 1. The van der Waals surface area contributed by atoms with Gasteiger partial charge in [-0.05, 0) is 54.8 Å². The van der Waals surface area contributed by atoms with Crippen LogP contribution in [0.15, 0.2) is 42.5 Å². The van der Waals surface area contributed by atoms with Crippen molar-refractivity contribution in [2.45, 2.75) is 25.4 Å². The first-order valence-corrected chi connectivity index (χ1v) is 8.41. The number of aryl methyl sites for hydroxylation is 1. The maximum absolute atomic E-state index is 5.27. The van der Waals surface area contributed by atoms with Crippen LogP contribution in [-0.4, -0.2) is 33.5 Å². The molecule has 5 heteroatoms. The van der Waals surface area contributed by atoms with Crippen LogP contribution in [0.1, 0.15) is 30.0 Å². The molecule has 5 nitrogen and oxygen atoms in total. The van der Waals surface area contributed by atoms with E-state index in [2.05, 4.69) is 57.7 Å². The Balaban J connectivity index is 1.55. The predicted octanol–water partition coefficient (Wildman–Crippen LogP) is 3.31. The lowest BCUT2D eigenvalue weighted by molar-refractivity contribution is 0.248. The van der Waals surface area contributed by atoms with Crippen LogP contribution in [0.25, 0.3) is 11.0 Å². The fourth-order valence-corrected chi connectivity index (χ4v) is 3.64. The summed E-state index contributed by atoms with van der Waals surface area (Å²) in [7, 11) is 3.63. The lowest BCUT2D eigenvalue weighted by Crippen LogP contribution is -2.22. The van der Waals surface area contributed by atoms with Gasteiger partial charge in [-0.2, -0.15) is 0 Å². The fourth-order valence-electron chi connectivity index (χ4n) is 3.64. The number of hydrogen-bond acceptors (Lipinski definition) is 4. The highest BCUT2D eigenvalue weighted by Crippen LogP contribution is 2.34. The highest BCUT2D eigenvalue weighted by atomic mass is 16.5. The molecule has 0 bridgehead atoms. The molecule has 0 N–H and O–H groups in total. The van der Waals surface area contributed by atoms with Gasteiger partial charge in [0.25, 0.3) is 0 Å². The number of ether oxygens (including phenoxy) is 1. The number of likely N-dealkylation sites (tertiary alicyclic amines) is 1. The molecule has 124 valence electrons. The third kappa shape index (κ3) is 2.76. The molecule has 1 atom stereocenters. The van der Waals surface area contributed by atoms with Crippen molar-refractivity contribution in [1.29, 1.82) is 0 Å². The third-order valence-corrected chi connectivity index (χ3v) is 4.92. The molecule has 4 rings (SSSR count). The van der Waals surface area contributed by atoms with Crippen LogP contribution < -0.4 is 4.74 Å². The predicted molar refractivity (Wildman–Crippen MR) is 93.9 cm³/mol.